The molecule has 0 heterocycles. The third-order valence-electron chi connectivity index (χ3n) is 3.98. The van der Waals surface area contributed by atoms with E-state index in [2.05, 4.69) is 0 Å². The van der Waals surface area contributed by atoms with Gasteiger partial charge in [0.2, 0.25) is 9.84 Å². The number of nitrogen functional groups attached to an aromatic ring is 1. The third-order valence-corrected chi connectivity index (χ3v) is 6.83. The van der Waals surface area contributed by atoms with E-state index in [1.54, 1.807) is 66.7 Å². The van der Waals surface area contributed by atoms with Crippen LogP contribution in [0.5, 0.6) is 0 Å². The fourth-order valence-electron chi connectivity index (χ4n) is 2.51. The highest BCUT2D eigenvalue weighted by Gasteiger charge is 2.16. The maximum atomic E-state index is 12.6. The summed E-state index contributed by atoms with van der Waals surface area (Å²) in [4.78, 5) is 12.8. The van der Waals surface area contributed by atoms with Crippen molar-refractivity contribution < 1.29 is 13.2 Å². The summed E-state index contributed by atoms with van der Waals surface area (Å²) in [5, 5.41) is 0. The molecule has 0 fully saturated rings. The molecule has 0 spiro atoms. The van der Waals surface area contributed by atoms with Crippen LogP contribution in [0.4, 0.5) is 5.69 Å². The molecule has 0 saturated heterocycles. The summed E-state index contributed by atoms with van der Waals surface area (Å²) >= 11 is 1.51. The fraction of sp³-hybridized carbons (Fsp3) is 0.0500. The lowest BCUT2D eigenvalue weighted by Crippen LogP contribution is -2.13. The minimum Gasteiger partial charge on any atom is -0.398 e. The minimum atomic E-state index is -3.51. The maximum Gasteiger partial charge on any atom is 0.250 e. The molecule has 3 aromatic carbocycles. The molecule has 0 bridgehead atoms. The second-order valence-corrected chi connectivity index (χ2v) is 8.86. The number of rotatable bonds is 6. The molecule has 5 nitrogen and oxygen atoms in total. The highest BCUT2D eigenvalue weighted by Crippen LogP contribution is 2.27. The van der Waals surface area contributed by atoms with E-state index in [9.17, 15) is 13.2 Å². The van der Waals surface area contributed by atoms with Gasteiger partial charge in [0.25, 0.3) is 5.91 Å². The van der Waals surface area contributed by atoms with E-state index in [1.165, 1.54) is 11.8 Å². The Hall–Kier alpha value is -2.77. The van der Waals surface area contributed by atoms with Gasteiger partial charge in [-0.25, -0.2) is 8.42 Å². The number of benzene rings is 3. The summed E-state index contributed by atoms with van der Waals surface area (Å²) in [5.41, 5.74) is 12.7. The van der Waals surface area contributed by atoms with E-state index >= 15 is 0 Å². The molecule has 1 amide bonds. The number of carbonyl (C=O) groups excluding carboxylic acids is 1. The number of primary amides is 1. The zero-order chi connectivity index (χ0) is 19.4. The van der Waals surface area contributed by atoms with Crippen molar-refractivity contribution in [1.29, 1.82) is 0 Å². The Balaban J connectivity index is 1.74. The van der Waals surface area contributed by atoms with Crippen LogP contribution in [0, 0.1) is 0 Å². The number of nitrogens with two attached hydrogens (primary N) is 2. The third kappa shape index (κ3) is 4.32. The van der Waals surface area contributed by atoms with Crippen molar-refractivity contribution in [3.63, 3.8) is 0 Å². The first-order valence-corrected chi connectivity index (χ1v) is 10.6. The average molecular weight is 399 g/mol. The van der Waals surface area contributed by atoms with Gasteiger partial charge in [-0.15, -0.1) is 11.8 Å². The normalized spacial score (nSPS) is 11.3. The number of anilines is 1. The molecular weight excluding hydrogens is 380 g/mol. The topological polar surface area (TPSA) is 103 Å². The molecule has 0 radical (unpaired) electrons. The van der Waals surface area contributed by atoms with Gasteiger partial charge in [-0.2, -0.15) is 0 Å². The summed E-state index contributed by atoms with van der Waals surface area (Å²) in [6, 6.07) is 20.3. The second kappa shape index (κ2) is 7.85. The van der Waals surface area contributed by atoms with Gasteiger partial charge in [0.15, 0.2) is 0 Å². The molecule has 0 saturated carbocycles. The Labute approximate surface area is 162 Å². The standard InChI is InChI=1S/C20H18N2O3S2/c21-19-11-8-15(12-18(19)20(22)23)26-13-14-6-9-17(10-7-14)27(24,25)16-4-2-1-3-5-16/h1-12H,13,21H2,(H2,22,23). The Morgan fingerprint density at radius 3 is 2.15 bits per heavy atom. The molecule has 138 valence electrons. The Kier molecular flexibility index (Phi) is 5.53. The van der Waals surface area contributed by atoms with Crippen LogP contribution >= 0.6 is 11.8 Å². The smallest absolute Gasteiger partial charge is 0.250 e. The molecule has 0 aliphatic rings. The van der Waals surface area contributed by atoms with Crippen LogP contribution in [0.15, 0.2) is 87.5 Å². The highest BCUT2D eigenvalue weighted by atomic mass is 32.2. The lowest BCUT2D eigenvalue weighted by Gasteiger charge is -2.08. The van der Waals surface area contributed by atoms with Gasteiger partial charge in [-0.1, -0.05) is 30.3 Å². The molecule has 0 aliphatic heterocycles. The minimum absolute atomic E-state index is 0.256. The maximum absolute atomic E-state index is 12.6. The quantitative estimate of drug-likeness (QED) is 0.489. The summed E-state index contributed by atoms with van der Waals surface area (Å²) in [6.45, 7) is 0. The summed E-state index contributed by atoms with van der Waals surface area (Å²) < 4.78 is 25.2. The van der Waals surface area contributed by atoms with Crippen LogP contribution < -0.4 is 11.5 Å². The van der Waals surface area contributed by atoms with E-state index in [1.807, 2.05) is 6.07 Å². The number of sulfone groups is 1. The molecule has 3 rings (SSSR count). The molecule has 0 unspecified atom stereocenters. The Bertz CT molecular complexity index is 1060. The summed E-state index contributed by atoms with van der Waals surface area (Å²) in [7, 11) is -3.51. The van der Waals surface area contributed by atoms with Crippen LogP contribution in [-0.2, 0) is 15.6 Å². The van der Waals surface area contributed by atoms with Gasteiger partial charge < -0.3 is 11.5 Å². The highest BCUT2D eigenvalue weighted by molar-refractivity contribution is 7.98. The first-order valence-electron chi connectivity index (χ1n) is 8.09. The van der Waals surface area contributed by atoms with Crippen molar-refractivity contribution in [3.05, 3.63) is 83.9 Å². The lowest BCUT2D eigenvalue weighted by atomic mass is 10.2. The van der Waals surface area contributed by atoms with Gasteiger partial charge in [0.1, 0.15) is 0 Å². The molecular formula is C20H18N2O3S2. The molecule has 0 aromatic heterocycles. The molecule has 3 aromatic rings. The van der Waals surface area contributed by atoms with Crippen molar-refractivity contribution in [2.24, 2.45) is 5.73 Å². The fourth-order valence-corrected chi connectivity index (χ4v) is 4.68. The van der Waals surface area contributed by atoms with Gasteiger partial charge in [-0.05, 0) is 48.0 Å². The SMILES string of the molecule is NC(=O)c1cc(SCc2ccc(S(=O)(=O)c3ccccc3)cc2)ccc1N. The average Bonchev–Trinajstić information content (AvgIpc) is 2.68. The van der Waals surface area contributed by atoms with E-state index in [4.69, 9.17) is 11.5 Å². The first kappa shape index (κ1) is 19.0. The van der Waals surface area contributed by atoms with Crippen molar-refractivity contribution in [1.82, 2.24) is 0 Å². The van der Waals surface area contributed by atoms with Crippen molar-refractivity contribution in [2.45, 2.75) is 20.4 Å². The van der Waals surface area contributed by atoms with Crippen molar-refractivity contribution >= 4 is 33.2 Å². The van der Waals surface area contributed by atoms with Gasteiger partial charge in [0, 0.05) is 16.3 Å². The molecule has 27 heavy (non-hydrogen) atoms. The van der Waals surface area contributed by atoms with Crippen LogP contribution in [0.3, 0.4) is 0 Å². The van der Waals surface area contributed by atoms with E-state index in [0.717, 1.165) is 10.5 Å². The van der Waals surface area contributed by atoms with Crippen LogP contribution in [0.2, 0.25) is 0 Å². The van der Waals surface area contributed by atoms with Gasteiger partial charge in [-0.3, -0.25) is 4.79 Å². The van der Waals surface area contributed by atoms with Gasteiger partial charge in [0.05, 0.1) is 15.4 Å². The zero-order valence-corrected chi connectivity index (χ0v) is 16.0. The summed E-state index contributed by atoms with van der Waals surface area (Å²) in [6.07, 6.45) is 0. The van der Waals surface area contributed by atoms with Crippen molar-refractivity contribution in [2.75, 3.05) is 5.73 Å². The number of hydrogen-bond donors (Lipinski definition) is 2. The molecule has 0 aliphatic carbocycles. The molecule has 0 atom stereocenters. The van der Waals surface area contributed by atoms with Crippen LogP contribution in [0.1, 0.15) is 15.9 Å². The van der Waals surface area contributed by atoms with Gasteiger partial charge >= 0.3 is 0 Å². The largest absolute Gasteiger partial charge is 0.398 e. The number of hydrogen-bond acceptors (Lipinski definition) is 5. The van der Waals surface area contributed by atoms with E-state index in [-0.39, 0.29) is 9.79 Å². The van der Waals surface area contributed by atoms with Crippen LogP contribution in [-0.4, -0.2) is 14.3 Å². The van der Waals surface area contributed by atoms with E-state index in [0.29, 0.717) is 17.0 Å². The number of carbonyl (C=O) groups is 1. The van der Waals surface area contributed by atoms with Crippen LogP contribution in [0.25, 0.3) is 0 Å². The Morgan fingerprint density at radius 1 is 0.889 bits per heavy atom. The first-order chi connectivity index (χ1) is 12.9. The predicted molar refractivity (Wildman–Crippen MR) is 107 cm³/mol. The number of thioether (sulfide) groups is 1. The van der Waals surface area contributed by atoms with E-state index < -0.39 is 15.7 Å². The second-order valence-electron chi connectivity index (χ2n) is 5.86. The van der Waals surface area contributed by atoms with Crippen molar-refractivity contribution in [3.8, 4) is 0 Å². The summed E-state index contributed by atoms with van der Waals surface area (Å²) in [5.74, 6) is 0.0544. The predicted octanol–water partition coefficient (Wildman–Crippen LogP) is 3.49. The molecule has 7 heteroatoms. The molecule has 4 N–H and O–H groups in total. The Morgan fingerprint density at radius 2 is 1.52 bits per heavy atom. The zero-order valence-electron chi connectivity index (χ0n) is 14.3. The number of amides is 1. The lowest BCUT2D eigenvalue weighted by molar-refractivity contribution is 0.100. The monoisotopic (exact) mass is 398 g/mol.